The second-order valence-electron chi connectivity index (χ2n) is 4.73. The molecule has 0 aliphatic rings. The lowest BCUT2D eigenvalue weighted by Crippen LogP contribution is -2.16. The molecule has 2 aromatic rings. The van der Waals surface area contributed by atoms with Gasteiger partial charge in [0.25, 0.3) is 0 Å². The van der Waals surface area contributed by atoms with Crippen LogP contribution in [-0.4, -0.2) is 15.0 Å². The zero-order valence-corrected chi connectivity index (χ0v) is 16.8. The average molecular weight is 450 g/mol. The molecule has 0 amide bonds. The van der Waals surface area contributed by atoms with Gasteiger partial charge in [-0.15, -0.1) is 0 Å². The second-order valence-corrected chi connectivity index (χ2v) is 9.29. The molecule has 130 valence electrons. The molecule has 2 aromatic heterocycles. The molecule has 10 heteroatoms. The van der Waals surface area contributed by atoms with E-state index in [9.17, 15) is 0 Å². The first-order valence-corrected chi connectivity index (χ1v) is 9.03. The van der Waals surface area contributed by atoms with Gasteiger partial charge in [-0.2, -0.15) is 0 Å². The van der Waals surface area contributed by atoms with Gasteiger partial charge in [-0.1, -0.05) is 83.0 Å². The number of alkyl halides is 6. The lowest BCUT2D eigenvalue weighted by atomic mass is 10.1. The zero-order valence-electron chi connectivity index (χ0n) is 12.2. The Bertz CT molecular complexity index is 701. The van der Waals surface area contributed by atoms with E-state index in [-0.39, 0.29) is 17.5 Å². The van der Waals surface area contributed by atoms with E-state index >= 15 is 0 Å². The van der Waals surface area contributed by atoms with E-state index in [0.29, 0.717) is 5.76 Å². The van der Waals surface area contributed by atoms with Gasteiger partial charge in [0.2, 0.25) is 7.59 Å². The van der Waals surface area contributed by atoms with Gasteiger partial charge in [0.15, 0.2) is 17.5 Å². The number of aryl methyl sites for hydroxylation is 1. The fraction of sp³-hybridized carbons (Fsp3) is 0.357. The quantitative estimate of drug-likeness (QED) is 0.518. The molecular formula is C14H11Cl6N3O. The monoisotopic (exact) mass is 447 g/mol. The minimum atomic E-state index is -1.88. The molecule has 0 spiro atoms. The van der Waals surface area contributed by atoms with Crippen molar-refractivity contribution in [3.05, 3.63) is 41.1 Å². The van der Waals surface area contributed by atoms with Crippen molar-refractivity contribution in [3.8, 4) is 0 Å². The molecule has 0 unspecified atom stereocenters. The van der Waals surface area contributed by atoms with Crippen LogP contribution < -0.4 is 0 Å². The van der Waals surface area contributed by atoms with Gasteiger partial charge >= 0.3 is 0 Å². The van der Waals surface area contributed by atoms with E-state index in [1.807, 2.05) is 6.07 Å². The van der Waals surface area contributed by atoms with Crippen molar-refractivity contribution in [1.29, 1.82) is 0 Å². The summed E-state index contributed by atoms with van der Waals surface area (Å²) in [5, 5.41) is 0. The summed E-state index contributed by atoms with van der Waals surface area (Å²) < 4.78 is 1.66. The van der Waals surface area contributed by atoms with Crippen molar-refractivity contribution in [3.63, 3.8) is 0 Å². The predicted molar refractivity (Wildman–Crippen MR) is 99.9 cm³/mol. The van der Waals surface area contributed by atoms with E-state index in [4.69, 9.17) is 74.0 Å². The molecule has 0 saturated carbocycles. The van der Waals surface area contributed by atoms with E-state index in [0.717, 1.165) is 18.4 Å². The van der Waals surface area contributed by atoms with E-state index in [1.54, 1.807) is 18.4 Å². The van der Waals surface area contributed by atoms with Crippen LogP contribution in [-0.2, 0) is 14.0 Å². The van der Waals surface area contributed by atoms with Gasteiger partial charge < -0.3 is 4.42 Å². The summed E-state index contributed by atoms with van der Waals surface area (Å²) >= 11 is 34.9. The molecule has 0 atom stereocenters. The highest BCUT2D eigenvalue weighted by Crippen LogP contribution is 2.40. The Morgan fingerprint density at radius 1 is 0.958 bits per heavy atom. The van der Waals surface area contributed by atoms with Crippen LogP contribution in [0.5, 0.6) is 0 Å². The fourth-order valence-electron chi connectivity index (χ4n) is 1.84. The minimum Gasteiger partial charge on any atom is -0.465 e. The lowest BCUT2D eigenvalue weighted by Gasteiger charge is -2.14. The average Bonchev–Trinajstić information content (AvgIpc) is 2.91. The summed E-state index contributed by atoms with van der Waals surface area (Å²) in [6, 6.07) is 1.90. The SMILES string of the molecule is CCCc1ccoc1/C=C/c1nc(C(Cl)(Cl)Cl)nc(C(Cl)(Cl)Cl)n1. The van der Waals surface area contributed by atoms with Crippen molar-refractivity contribution in [2.24, 2.45) is 0 Å². The van der Waals surface area contributed by atoms with Crippen LogP contribution in [0.3, 0.4) is 0 Å². The maximum Gasteiger partial charge on any atom is 0.250 e. The fourth-order valence-corrected chi connectivity index (χ4v) is 2.35. The van der Waals surface area contributed by atoms with E-state index < -0.39 is 7.59 Å². The molecule has 4 nitrogen and oxygen atoms in total. The van der Waals surface area contributed by atoms with E-state index in [1.165, 1.54) is 0 Å². The molecule has 24 heavy (non-hydrogen) atoms. The first kappa shape index (κ1) is 20.1. The Morgan fingerprint density at radius 2 is 1.54 bits per heavy atom. The normalized spacial score (nSPS) is 13.0. The number of rotatable bonds is 4. The molecular weight excluding hydrogens is 439 g/mol. The Hall–Kier alpha value is -0.230. The minimum absolute atomic E-state index is 0.142. The van der Waals surface area contributed by atoms with Crippen molar-refractivity contribution >= 4 is 81.8 Å². The number of furan rings is 1. The highest BCUT2D eigenvalue weighted by atomic mass is 35.6. The van der Waals surface area contributed by atoms with Crippen LogP contribution in [0, 0.1) is 0 Å². The standard InChI is InChI=1S/C14H11Cl6N3O/c1-2-3-8-6-7-24-9(8)4-5-10-21-11(13(15,16)17)23-12(22-10)14(18,19)20/h4-7H,2-3H2,1H3/b5-4+. The summed E-state index contributed by atoms with van der Waals surface area (Å²) in [5.41, 5.74) is 1.06. The third kappa shape index (κ3) is 5.38. The first-order chi connectivity index (χ1) is 11.1. The number of nitrogens with zero attached hydrogens (tertiary/aromatic N) is 3. The largest absolute Gasteiger partial charge is 0.465 e. The van der Waals surface area contributed by atoms with Crippen molar-refractivity contribution in [1.82, 2.24) is 15.0 Å². The third-order valence-electron chi connectivity index (χ3n) is 2.84. The Balaban J connectivity index is 2.42. The molecule has 0 aromatic carbocycles. The van der Waals surface area contributed by atoms with Crippen LogP contribution >= 0.6 is 69.6 Å². The molecule has 0 aliphatic heterocycles. The van der Waals surface area contributed by atoms with Crippen LogP contribution in [0.2, 0.25) is 0 Å². The highest BCUT2D eigenvalue weighted by Gasteiger charge is 2.33. The van der Waals surface area contributed by atoms with Crippen LogP contribution in [0.15, 0.2) is 16.7 Å². The van der Waals surface area contributed by atoms with Crippen molar-refractivity contribution in [2.75, 3.05) is 0 Å². The second kappa shape index (κ2) is 7.98. The van der Waals surface area contributed by atoms with Gasteiger partial charge in [0.1, 0.15) is 5.76 Å². The van der Waals surface area contributed by atoms with Gasteiger partial charge in [-0.05, 0) is 30.2 Å². The zero-order chi connectivity index (χ0) is 18.0. The Labute approximate surface area is 169 Å². The van der Waals surface area contributed by atoms with Crippen LogP contribution in [0.4, 0.5) is 0 Å². The van der Waals surface area contributed by atoms with Gasteiger partial charge in [0, 0.05) is 0 Å². The van der Waals surface area contributed by atoms with Gasteiger partial charge in [-0.25, -0.2) is 15.0 Å². The molecule has 0 bridgehead atoms. The smallest absolute Gasteiger partial charge is 0.250 e. The van der Waals surface area contributed by atoms with Gasteiger partial charge in [-0.3, -0.25) is 0 Å². The number of hydrogen-bond acceptors (Lipinski definition) is 4. The molecule has 0 radical (unpaired) electrons. The number of aromatic nitrogens is 3. The summed E-state index contributed by atoms with van der Waals surface area (Å²) in [5.74, 6) is 0.572. The number of halogens is 6. The Morgan fingerprint density at radius 3 is 2.04 bits per heavy atom. The molecule has 2 heterocycles. The molecule has 0 N–H and O–H groups in total. The topological polar surface area (TPSA) is 51.8 Å². The molecule has 0 saturated heterocycles. The number of hydrogen-bond donors (Lipinski definition) is 0. The Kier molecular flexibility index (Phi) is 6.68. The predicted octanol–water partition coefficient (Wildman–Crippen LogP) is 6.24. The van der Waals surface area contributed by atoms with Crippen molar-refractivity contribution in [2.45, 2.75) is 27.4 Å². The maximum atomic E-state index is 5.82. The third-order valence-corrected chi connectivity index (χ3v) is 3.86. The summed E-state index contributed by atoms with van der Waals surface area (Å²) in [7, 11) is 0. The summed E-state index contributed by atoms with van der Waals surface area (Å²) in [6.07, 6.45) is 6.74. The van der Waals surface area contributed by atoms with E-state index in [2.05, 4.69) is 21.9 Å². The van der Waals surface area contributed by atoms with Crippen LogP contribution in [0.25, 0.3) is 12.2 Å². The van der Waals surface area contributed by atoms with Gasteiger partial charge in [0.05, 0.1) is 6.26 Å². The molecule has 2 rings (SSSR count). The van der Waals surface area contributed by atoms with Crippen molar-refractivity contribution < 1.29 is 4.42 Å². The molecule has 0 aliphatic carbocycles. The first-order valence-electron chi connectivity index (χ1n) is 6.76. The summed E-state index contributed by atoms with van der Waals surface area (Å²) in [6.45, 7) is 2.08. The summed E-state index contributed by atoms with van der Waals surface area (Å²) in [4.78, 5) is 12.0. The molecule has 0 fully saturated rings. The lowest BCUT2D eigenvalue weighted by molar-refractivity contribution is 0.553. The highest BCUT2D eigenvalue weighted by molar-refractivity contribution is 6.67. The maximum absolute atomic E-state index is 5.82. The van der Waals surface area contributed by atoms with Crippen LogP contribution in [0.1, 0.15) is 42.1 Å².